The molecule has 1 aliphatic carbocycles. The van der Waals surface area contributed by atoms with Gasteiger partial charge in [-0.25, -0.2) is 18.3 Å². The van der Waals surface area contributed by atoms with Gasteiger partial charge in [-0.3, -0.25) is 23.4 Å². The van der Waals surface area contributed by atoms with E-state index in [-0.39, 0.29) is 0 Å². The lowest BCUT2D eigenvalue weighted by molar-refractivity contribution is -0.287. The standard InChI is InChI=1S/C20H31FN2O16P2S/c1-19(16(29)20(31,8-2-3-8)17(37-19)23-5-4-10(25)22-18(23)30)7-35-41(34,42)39-40(32,33)38-15-13(28)11(26)12(27)14(36-15)9(21)6-24/h4-5,8-9,11-17,24,26-29,31H,2-3,6-7H2,1H3,(H,32,33)(H,34,42)(H,22,25,30)/t9-,11?,12?,13?,14?,15?,16+,17+,19+,20+,41?/m0/s1. The quantitative estimate of drug-likeness (QED) is 0.0882. The largest absolute Gasteiger partial charge is 0.482 e. The first-order valence-corrected chi connectivity index (χ1v) is 16.6. The summed E-state index contributed by atoms with van der Waals surface area (Å²) in [4.78, 5) is 36.0. The van der Waals surface area contributed by atoms with Crippen molar-refractivity contribution in [3.05, 3.63) is 33.1 Å². The predicted octanol–water partition coefficient (Wildman–Crippen LogP) is -2.35. The molecule has 0 bridgehead atoms. The van der Waals surface area contributed by atoms with Crippen molar-refractivity contribution < 1.29 is 71.9 Å². The molecule has 2 aliphatic heterocycles. The van der Waals surface area contributed by atoms with Crippen LogP contribution in [0.4, 0.5) is 4.39 Å². The number of halogens is 1. The van der Waals surface area contributed by atoms with Gasteiger partial charge in [0.2, 0.25) is 0 Å². The van der Waals surface area contributed by atoms with E-state index in [9.17, 15) is 53.5 Å². The number of hydrogen-bond donors (Lipinski definition) is 9. The van der Waals surface area contributed by atoms with Crippen LogP contribution in [0.1, 0.15) is 26.0 Å². The molecule has 0 spiro atoms. The van der Waals surface area contributed by atoms with Crippen molar-refractivity contribution in [2.24, 2.45) is 5.92 Å². The van der Waals surface area contributed by atoms with Crippen molar-refractivity contribution in [2.75, 3.05) is 13.2 Å². The zero-order valence-electron chi connectivity index (χ0n) is 21.7. The fourth-order valence-corrected chi connectivity index (χ4v) is 8.14. The van der Waals surface area contributed by atoms with Gasteiger partial charge in [0, 0.05) is 12.3 Å². The van der Waals surface area contributed by atoms with Crippen LogP contribution in [-0.2, 0) is 32.0 Å². The molecule has 8 N–H and O–H groups in total. The molecule has 1 saturated carbocycles. The first-order chi connectivity index (χ1) is 19.3. The van der Waals surface area contributed by atoms with Crippen molar-refractivity contribution in [1.29, 1.82) is 0 Å². The number of hydrogen-bond acceptors (Lipinski definition) is 15. The Morgan fingerprint density at radius 1 is 1.21 bits per heavy atom. The molecule has 0 aromatic carbocycles. The lowest BCUT2D eigenvalue weighted by atomic mass is 9.83. The molecule has 4 rings (SSSR count). The summed E-state index contributed by atoms with van der Waals surface area (Å²) in [5.41, 5.74) is -5.73. The van der Waals surface area contributed by atoms with E-state index >= 15 is 0 Å². The molecule has 3 heterocycles. The number of thiol groups is 1. The molecule has 3 aliphatic rings. The van der Waals surface area contributed by atoms with E-state index in [0.717, 1.165) is 16.8 Å². The number of ether oxygens (including phenoxy) is 2. The molecule has 0 radical (unpaired) electrons. The van der Waals surface area contributed by atoms with E-state index in [2.05, 4.69) is 21.1 Å². The van der Waals surface area contributed by atoms with Crippen LogP contribution < -0.4 is 11.2 Å². The Labute approximate surface area is 240 Å². The molecule has 7 unspecified atom stereocenters. The SMILES string of the molecule is C[C@]1(COP(=O)(S)OP(=O)(O)OC2OC([C@@H](F)CO)C(O)C(O)C2O)O[C@@H](n2ccc(=O)[nH]c2=O)[C@@](O)(C2CC2)[C@@H]1O. The van der Waals surface area contributed by atoms with Crippen LogP contribution in [0, 0.1) is 5.92 Å². The summed E-state index contributed by atoms with van der Waals surface area (Å²) in [5.74, 6) is -0.544. The van der Waals surface area contributed by atoms with Gasteiger partial charge in [0.1, 0.15) is 41.7 Å². The van der Waals surface area contributed by atoms with Gasteiger partial charge in [0.05, 0.1) is 13.2 Å². The summed E-state index contributed by atoms with van der Waals surface area (Å²) in [6, 6.07) is 0.984. The molecule has 2 saturated heterocycles. The molecular weight excluding hydrogens is 637 g/mol. The molecule has 1 aromatic heterocycles. The van der Waals surface area contributed by atoms with Crippen LogP contribution in [0.25, 0.3) is 0 Å². The summed E-state index contributed by atoms with van der Waals surface area (Å²) >= 11 is 3.59. The Morgan fingerprint density at radius 2 is 1.86 bits per heavy atom. The number of nitrogens with zero attached hydrogens (tertiary/aromatic N) is 1. The fraction of sp³-hybridized carbons (Fsp3) is 0.800. The maximum absolute atomic E-state index is 13.9. The molecule has 42 heavy (non-hydrogen) atoms. The molecule has 12 atom stereocenters. The zero-order chi connectivity index (χ0) is 31.4. The number of nitrogens with one attached hydrogen (secondary N) is 1. The predicted molar refractivity (Wildman–Crippen MR) is 137 cm³/mol. The number of aromatic nitrogens is 2. The topological polar surface area (TPSA) is 277 Å². The second-order valence-electron chi connectivity index (χ2n) is 10.4. The van der Waals surface area contributed by atoms with Crippen LogP contribution >= 0.6 is 26.9 Å². The summed E-state index contributed by atoms with van der Waals surface area (Å²) in [7, 11) is -5.59. The summed E-state index contributed by atoms with van der Waals surface area (Å²) in [6.45, 7) is -5.85. The highest BCUT2D eigenvalue weighted by Gasteiger charge is 2.67. The van der Waals surface area contributed by atoms with Crippen molar-refractivity contribution in [3.63, 3.8) is 0 Å². The van der Waals surface area contributed by atoms with Crippen molar-refractivity contribution in [3.8, 4) is 0 Å². The molecule has 3 fully saturated rings. The normalized spacial score (nSPS) is 40.8. The molecule has 240 valence electrons. The van der Waals surface area contributed by atoms with Crippen molar-refractivity contribution in [1.82, 2.24) is 9.55 Å². The monoisotopic (exact) mass is 668 g/mol. The molecular formula is C20H31FN2O16P2S. The van der Waals surface area contributed by atoms with E-state index in [1.165, 1.54) is 6.92 Å². The number of aliphatic hydroxyl groups is 6. The Balaban J connectivity index is 1.47. The average molecular weight is 668 g/mol. The number of H-pyrrole nitrogens is 1. The van der Waals surface area contributed by atoms with Crippen LogP contribution in [-0.4, -0.2) is 112 Å². The minimum Gasteiger partial charge on any atom is -0.393 e. The number of phosphoric acid groups is 1. The minimum atomic E-state index is -5.59. The number of rotatable bonds is 11. The Hall–Kier alpha value is -1.06. The lowest BCUT2D eigenvalue weighted by Crippen LogP contribution is -2.60. The van der Waals surface area contributed by atoms with Gasteiger partial charge in [-0.05, 0) is 25.7 Å². The van der Waals surface area contributed by atoms with Gasteiger partial charge < -0.3 is 45.0 Å². The molecule has 1 aromatic rings. The summed E-state index contributed by atoms with van der Waals surface area (Å²) in [5, 5.41) is 61.4. The van der Waals surface area contributed by atoms with Gasteiger partial charge in [0.15, 0.2) is 18.7 Å². The van der Waals surface area contributed by atoms with E-state index in [1.54, 1.807) is 0 Å². The second kappa shape index (κ2) is 12.0. The van der Waals surface area contributed by atoms with Crippen LogP contribution in [0.3, 0.4) is 0 Å². The molecule has 18 nitrogen and oxygen atoms in total. The van der Waals surface area contributed by atoms with E-state index in [0.29, 0.717) is 12.8 Å². The Kier molecular flexibility index (Phi) is 9.69. The smallest absolute Gasteiger partial charge is 0.393 e. The highest BCUT2D eigenvalue weighted by Crippen LogP contribution is 2.67. The highest BCUT2D eigenvalue weighted by molar-refractivity contribution is 8.45. The van der Waals surface area contributed by atoms with Gasteiger partial charge in [-0.2, -0.15) is 4.31 Å². The third-order valence-electron chi connectivity index (χ3n) is 7.22. The summed E-state index contributed by atoms with van der Waals surface area (Å²) < 4.78 is 64.9. The van der Waals surface area contributed by atoms with Gasteiger partial charge >= 0.3 is 20.3 Å². The average Bonchev–Trinajstić information content (AvgIpc) is 3.73. The third-order valence-corrected chi connectivity index (χ3v) is 10.8. The van der Waals surface area contributed by atoms with Gasteiger partial charge in [0.25, 0.3) is 5.56 Å². The highest BCUT2D eigenvalue weighted by atomic mass is 32.7. The summed E-state index contributed by atoms with van der Waals surface area (Å²) in [6.07, 6.45) is -14.5. The minimum absolute atomic E-state index is 0.449. The first kappa shape index (κ1) is 33.8. The van der Waals surface area contributed by atoms with Crippen LogP contribution in [0.2, 0.25) is 0 Å². The second-order valence-corrected chi connectivity index (χ2v) is 14.9. The van der Waals surface area contributed by atoms with E-state index < -0.39 is 105 Å². The maximum atomic E-state index is 13.9. The third kappa shape index (κ3) is 6.63. The first-order valence-electron chi connectivity index (χ1n) is 12.4. The van der Waals surface area contributed by atoms with Crippen LogP contribution in [0.5, 0.6) is 0 Å². The Morgan fingerprint density at radius 3 is 2.43 bits per heavy atom. The number of aliphatic hydroxyl groups excluding tert-OH is 5. The van der Waals surface area contributed by atoms with Gasteiger partial charge in [-0.1, -0.05) is 12.2 Å². The lowest BCUT2D eigenvalue weighted by Gasteiger charge is -2.41. The van der Waals surface area contributed by atoms with Crippen molar-refractivity contribution in [2.45, 2.75) is 80.2 Å². The molecule has 22 heteroatoms. The van der Waals surface area contributed by atoms with Gasteiger partial charge in [-0.15, -0.1) is 0 Å². The fourth-order valence-electron chi connectivity index (χ4n) is 4.89. The maximum Gasteiger partial charge on any atom is 0.482 e. The Bertz CT molecular complexity index is 1360. The molecule has 0 amide bonds. The van der Waals surface area contributed by atoms with Crippen LogP contribution in [0.15, 0.2) is 21.9 Å². The number of phosphoric ester groups is 1. The zero-order valence-corrected chi connectivity index (χ0v) is 24.3. The van der Waals surface area contributed by atoms with E-state index in [1.807, 2.05) is 4.98 Å². The number of aromatic amines is 1. The van der Waals surface area contributed by atoms with Crippen molar-refractivity contribution >= 4 is 26.9 Å². The van der Waals surface area contributed by atoms with E-state index in [4.69, 9.17) is 19.1 Å². The number of alkyl halides is 1.